The van der Waals surface area contributed by atoms with Crippen LogP contribution in [-0.2, 0) is 16.1 Å². The molecule has 0 aromatic heterocycles. The Morgan fingerprint density at radius 2 is 2.25 bits per heavy atom. The van der Waals surface area contributed by atoms with Gasteiger partial charge >= 0.3 is 5.97 Å². The Balaban J connectivity index is 2.18. The Morgan fingerprint density at radius 3 is 2.83 bits per heavy atom. The van der Waals surface area contributed by atoms with Gasteiger partial charge in [0.25, 0.3) is 0 Å². The summed E-state index contributed by atoms with van der Waals surface area (Å²) in [6.45, 7) is 4.30. The molecule has 1 saturated carbocycles. The zero-order valence-electron chi connectivity index (χ0n) is 13.3. The van der Waals surface area contributed by atoms with E-state index < -0.39 is 5.97 Å². The standard InChI is InChI=1S/C17H19ClIN3O2/c1-10(12-6-7-12)22-15(17(23)24-2)14(18)16(20)21-9-11-4-3-5-13(19)8-11/h3-5,8,12,22H,1,6-7,9H2,2H3,(H2,20,21). The highest BCUT2D eigenvalue weighted by Crippen LogP contribution is 2.34. The van der Waals surface area contributed by atoms with Crippen molar-refractivity contribution in [3.8, 4) is 0 Å². The molecule has 1 aromatic rings. The first-order valence-electron chi connectivity index (χ1n) is 7.41. The molecule has 7 heteroatoms. The minimum Gasteiger partial charge on any atom is -0.464 e. The predicted octanol–water partition coefficient (Wildman–Crippen LogP) is 3.29. The van der Waals surface area contributed by atoms with Crippen LogP contribution >= 0.6 is 34.2 Å². The minimum absolute atomic E-state index is 0.0364. The van der Waals surface area contributed by atoms with Gasteiger partial charge in [-0.3, -0.25) is 4.99 Å². The monoisotopic (exact) mass is 459 g/mol. The number of esters is 1. The van der Waals surface area contributed by atoms with E-state index in [2.05, 4.69) is 39.5 Å². The predicted molar refractivity (Wildman–Crippen MR) is 104 cm³/mol. The smallest absolute Gasteiger partial charge is 0.356 e. The normalized spacial score (nSPS) is 15.5. The van der Waals surface area contributed by atoms with Crippen LogP contribution in [-0.4, -0.2) is 18.9 Å². The molecule has 0 radical (unpaired) electrons. The van der Waals surface area contributed by atoms with Crippen molar-refractivity contribution in [2.45, 2.75) is 19.4 Å². The summed E-state index contributed by atoms with van der Waals surface area (Å²) < 4.78 is 5.88. The molecule has 1 aromatic carbocycles. The zero-order chi connectivity index (χ0) is 17.7. The van der Waals surface area contributed by atoms with Crippen LogP contribution in [0.1, 0.15) is 18.4 Å². The number of halogens is 2. The molecule has 0 saturated heterocycles. The van der Waals surface area contributed by atoms with Crippen molar-refractivity contribution < 1.29 is 9.53 Å². The molecule has 1 aliphatic carbocycles. The molecule has 0 bridgehead atoms. The number of rotatable bonds is 7. The number of nitrogens with zero attached hydrogens (tertiary/aromatic N) is 1. The zero-order valence-corrected chi connectivity index (χ0v) is 16.2. The summed E-state index contributed by atoms with van der Waals surface area (Å²) in [6.07, 6.45) is 2.10. The third kappa shape index (κ3) is 5.24. The molecule has 2 rings (SSSR count). The minimum atomic E-state index is -0.603. The summed E-state index contributed by atoms with van der Waals surface area (Å²) in [7, 11) is 1.29. The van der Waals surface area contributed by atoms with Gasteiger partial charge in [-0.25, -0.2) is 4.79 Å². The van der Waals surface area contributed by atoms with E-state index in [-0.39, 0.29) is 16.6 Å². The number of allylic oxidation sites excluding steroid dienone is 1. The molecular formula is C17H19ClIN3O2. The van der Waals surface area contributed by atoms with Crippen molar-refractivity contribution >= 4 is 46.0 Å². The molecule has 0 aliphatic heterocycles. The van der Waals surface area contributed by atoms with Gasteiger partial charge in [0.2, 0.25) is 0 Å². The van der Waals surface area contributed by atoms with Crippen molar-refractivity contribution in [2.75, 3.05) is 7.11 Å². The highest BCUT2D eigenvalue weighted by molar-refractivity contribution is 14.1. The number of hydrogen-bond donors (Lipinski definition) is 2. The maximum absolute atomic E-state index is 12.0. The number of ether oxygens (including phenoxy) is 1. The highest BCUT2D eigenvalue weighted by atomic mass is 127. The number of aliphatic imine (C=N–C) groups is 1. The van der Waals surface area contributed by atoms with Gasteiger partial charge in [0.1, 0.15) is 16.6 Å². The van der Waals surface area contributed by atoms with Crippen LogP contribution in [0.25, 0.3) is 0 Å². The number of nitrogens with two attached hydrogens (primary N) is 1. The van der Waals surface area contributed by atoms with E-state index in [0.717, 1.165) is 27.7 Å². The Morgan fingerprint density at radius 1 is 1.54 bits per heavy atom. The summed E-state index contributed by atoms with van der Waals surface area (Å²) in [5, 5.41) is 2.97. The molecule has 1 aliphatic rings. The fourth-order valence-electron chi connectivity index (χ4n) is 2.00. The van der Waals surface area contributed by atoms with E-state index in [4.69, 9.17) is 22.1 Å². The van der Waals surface area contributed by atoms with E-state index in [1.807, 2.05) is 24.3 Å². The quantitative estimate of drug-likeness (QED) is 0.216. The topological polar surface area (TPSA) is 76.7 Å². The first kappa shape index (κ1) is 18.8. The van der Waals surface area contributed by atoms with Crippen molar-refractivity contribution in [2.24, 2.45) is 16.6 Å². The molecule has 1 fully saturated rings. The third-order valence-corrected chi connectivity index (χ3v) is 4.56. The largest absolute Gasteiger partial charge is 0.464 e. The SMILES string of the molecule is C=C(NC(C(=O)OC)=C(Cl)C(N)=NCc1cccc(I)c1)C1CC1. The number of benzene rings is 1. The molecule has 0 amide bonds. The van der Waals surface area contributed by atoms with Gasteiger partial charge in [0, 0.05) is 9.27 Å². The Kier molecular flexibility index (Phi) is 6.68. The molecule has 0 atom stereocenters. The fraction of sp³-hybridized carbons (Fsp3) is 0.294. The lowest BCUT2D eigenvalue weighted by molar-refractivity contribution is -0.136. The van der Waals surface area contributed by atoms with E-state index >= 15 is 0 Å². The van der Waals surface area contributed by atoms with Crippen LogP contribution in [0.5, 0.6) is 0 Å². The lowest BCUT2D eigenvalue weighted by atomic mass is 10.2. The number of nitrogens with one attached hydrogen (secondary N) is 1. The molecule has 0 spiro atoms. The van der Waals surface area contributed by atoms with Crippen LogP contribution in [0.4, 0.5) is 0 Å². The van der Waals surface area contributed by atoms with Crippen LogP contribution in [0.2, 0.25) is 0 Å². The van der Waals surface area contributed by atoms with Gasteiger partial charge in [0.05, 0.1) is 13.7 Å². The maximum atomic E-state index is 12.0. The number of methoxy groups -OCH3 is 1. The molecule has 5 nitrogen and oxygen atoms in total. The summed E-state index contributed by atoms with van der Waals surface area (Å²) >= 11 is 8.48. The van der Waals surface area contributed by atoms with E-state index in [1.165, 1.54) is 7.11 Å². The summed E-state index contributed by atoms with van der Waals surface area (Å²) in [6, 6.07) is 7.89. The van der Waals surface area contributed by atoms with Gasteiger partial charge in [0.15, 0.2) is 0 Å². The summed E-state index contributed by atoms with van der Waals surface area (Å²) in [4.78, 5) is 16.2. The second kappa shape index (κ2) is 8.53. The van der Waals surface area contributed by atoms with Crippen LogP contribution < -0.4 is 11.1 Å². The maximum Gasteiger partial charge on any atom is 0.356 e. The van der Waals surface area contributed by atoms with Crippen molar-refractivity contribution in [3.05, 3.63) is 56.4 Å². The number of carbonyl (C=O) groups is 1. The van der Waals surface area contributed by atoms with E-state index in [9.17, 15) is 4.79 Å². The number of amidine groups is 1. The Bertz CT molecular complexity index is 712. The lowest BCUT2D eigenvalue weighted by Gasteiger charge is -2.13. The van der Waals surface area contributed by atoms with Crippen LogP contribution in [0.15, 0.2) is 52.3 Å². The summed E-state index contributed by atoms with van der Waals surface area (Å²) in [5.41, 5.74) is 7.75. The van der Waals surface area contributed by atoms with Crippen molar-refractivity contribution in [1.82, 2.24) is 5.32 Å². The number of hydrogen-bond acceptors (Lipinski definition) is 4. The van der Waals surface area contributed by atoms with Crippen molar-refractivity contribution in [1.29, 1.82) is 0 Å². The van der Waals surface area contributed by atoms with Gasteiger partial charge in [-0.1, -0.05) is 30.3 Å². The van der Waals surface area contributed by atoms with Crippen LogP contribution in [0.3, 0.4) is 0 Å². The average Bonchev–Trinajstić information content (AvgIpc) is 3.41. The molecule has 128 valence electrons. The van der Waals surface area contributed by atoms with Gasteiger partial charge in [-0.15, -0.1) is 0 Å². The van der Waals surface area contributed by atoms with Crippen molar-refractivity contribution in [3.63, 3.8) is 0 Å². The van der Waals surface area contributed by atoms with Gasteiger partial charge in [-0.2, -0.15) is 0 Å². The molecule has 3 N–H and O–H groups in total. The second-order valence-electron chi connectivity index (χ2n) is 5.44. The second-order valence-corrected chi connectivity index (χ2v) is 7.06. The third-order valence-electron chi connectivity index (χ3n) is 3.51. The fourth-order valence-corrected chi connectivity index (χ4v) is 2.79. The highest BCUT2D eigenvalue weighted by Gasteiger charge is 2.27. The van der Waals surface area contributed by atoms with Crippen LogP contribution in [0, 0.1) is 9.49 Å². The Labute approximate surface area is 160 Å². The molecular weight excluding hydrogens is 441 g/mol. The first-order valence-corrected chi connectivity index (χ1v) is 8.86. The first-order chi connectivity index (χ1) is 11.4. The number of carbonyl (C=O) groups excluding carboxylic acids is 1. The average molecular weight is 460 g/mol. The molecule has 0 unspecified atom stereocenters. The van der Waals surface area contributed by atoms with E-state index in [1.54, 1.807) is 0 Å². The lowest BCUT2D eigenvalue weighted by Crippen LogP contribution is -2.27. The van der Waals surface area contributed by atoms with Gasteiger partial charge in [-0.05, 0) is 59.0 Å². The van der Waals surface area contributed by atoms with E-state index in [0.29, 0.717) is 12.5 Å². The Hall–Kier alpha value is -1.54. The van der Waals surface area contributed by atoms with Gasteiger partial charge < -0.3 is 15.8 Å². The molecule has 24 heavy (non-hydrogen) atoms. The summed E-state index contributed by atoms with van der Waals surface area (Å²) in [5.74, 6) is -0.167. The molecule has 0 heterocycles.